The second-order valence-corrected chi connectivity index (χ2v) is 11.0. The molecular weight excluding hydrogens is 527 g/mol. The number of nitrogens with zero attached hydrogens (tertiary/aromatic N) is 5. The van der Waals surface area contributed by atoms with E-state index in [2.05, 4.69) is 32.3 Å². The second kappa shape index (κ2) is 12.2. The number of carbonyl (C=O) groups is 1. The number of hydrogen-bond donors (Lipinski definition) is 1. The minimum Gasteiger partial charge on any atom is -0.481 e. The minimum absolute atomic E-state index is 0.159. The molecule has 2 heterocycles. The molecule has 1 aliphatic carbocycles. The number of halogens is 2. The Hall–Kier alpha value is -2.14. The van der Waals surface area contributed by atoms with Gasteiger partial charge in [0.05, 0.1) is 10.8 Å². The highest BCUT2D eigenvalue weighted by Crippen LogP contribution is 2.35. The van der Waals surface area contributed by atoms with Crippen molar-refractivity contribution in [2.75, 3.05) is 11.1 Å². The third-order valence-electron chi connectivity index (χ3n) is 5.59. The number of rotatable bonds is 10. The van der Waals surface area contributed by atoms with E-state index in [0.717, 1.165) is 17.8 Å². The van der Waals surface area contributed by atoms with Crippen molar-refractivity contribution in [2.45, 2.75) is 62.8 Å². The van der Waals surface area contributed by atoms with Crippen molar-refractivity contribution in [1.82, 2.24) is 25.0 Å². The molecule has 1 aromatic carbocycles. The summed E-state index contributed by atoms with van der Waals surface area (Å²) in [7, 11) is 0. The summed E-state index contributed by atoms with van der Waals surface area (Å²) in [5.74, 6) is 1.54. The maximum atomic E-state index is 12.6. The fourth-order valence-electron chi connectivity index (χ4n) is 3.91. The van der Waals surface area contributed by atoms with Gasteiger partial charge in [0.2, 0.25) is 11.0 Å². The molecule has 8 nitrogen and oxygen atoms in total. The van der Waals surface area contributed by atoms with E-state index >= 15 is 0 Å². The predicted octanol–water partition coefficient (Wildman–Crippen LogP) is 6.54. The summed E-state index contributed by atoms with van der Waals surface area (Å²) in [4.78, 5) is 12.6. The third kappa shape index (κ3) is 6.75. The van der Waals surface area contributed by atoms with Gasteiger partial charge in [0.15, 0.2) is 17.1 Å². The van der Waals surface area contributed by atoms with Crippen LogP contribution in [0.2, 0.25) is 10.0 Å². The average Bonchev–Trinajstić information content (AvgIpc) is 3.47. The first kappa shape index (κ1) is 25.9. The number of anilines is 1. The van der Waals surface area contributed by atoms with Crippen LogP contribution in [-0.2, 0) is 11.3 Å². The SMILES string of the molecule is C=CCn1c(SCC(=O)Nc2nnc(C3CCCCC3)s2)nnc1C(C)Oc1ccc(Cl)cc1Cl. The van der Waals surface area contributed by atoms with E-state index < -0.39 is 6.10 Å². The maximum absolute atomic E-state index is 12.6. The van der Waals surface area contributed by atoms with Crippen molar-refractivity contribution in [1.29, 1.82) is 0 Å². The summed E-state index contributed by atoms with van der Waals surface area (Å²) in [6.07, 6.45) is 7.33. The van der Waals surface area contributed by atoms with Gasteiger partial charge in [0.25, 0.3) is 0 Å². The van der Waals surface area contributed by atoms with Crippen LogP contribution in [0.3, 0.4) is 0 Å². The number of allylic oxidation sites excluding steroid dienone is 1. The number of aromatic nitrogens is 5. The largest absolute Gasteiger partial charge is 0.481 e. The standard InChI is InChI=1S/C23H26Cl2N6O2S2/c1-3-11-31-20(14(2)33-18-10-9-16(24)12-17(18)25)27-30-23(31)34-13-19(32)26-22-29-28-21(35-22)15-7-5-4-6-8-15/h3,9-10,12,14-15H,1,4-8,11,13H2,2H3,(H,26,29,32). The van der Waals surface area contributed by atoms with Gasteiger partial charge in [-0.3, -0.25) is 14.7 Å². The van der Waals surface area contributed by atoms with Gasteiger partial charge in [-0.05, 0) is 38.0 Å². The van der Waals surface area contributed by atoms with Crippen molar-refractivity contribution in [3.8, 4) is 5.75 Å². The Kier molecular flexibility index (Phi) is 9.04. The van der Waals surface area contributed by atoms with Crippen molar-refractivity contribution >= 4 is 57.3 Å². The summed E-state index contributed by atoms with van der Waals surface area (Å²) in [5.41, 5.74) is 0. The highest BCUT2D eigenvalue weighted by atomic mass is 35.5. The molecule has 0 spiro atoms. The Bertz CT molecular complexity index is 1180. The predicted molar refractivity (Wildman–Crippen MR) is 141 cm³/mol. The summed E-state index contributed by atoms with van der Waals surface area (Å²) < 4.78 is 7.86. The van der Waals surface area contributed by atoms with E-state index in [-0.39, 0.29) is 11.7 Å². The van der Waals surface area contributed by atoms with Gasteiger partial charge in [-0.2, -0.15) is 0 Å². The lowest BCUT2D eigenvalue weighted by Gasteiger charge is -2.18. The molecular formula is C23H26Cl2N6O2S2. The van der Waals surface area contributed by atoms with Crippen LogP contribution in [-0.4, -0.2) is 36.6 Å². The van der Waals surface area contributed by atoms with Gasteiger partial charge >= 0.3 is 0 Å². The van der Waals surface area contributed by atoms with Crippen molar-refractivity contribution in [3.05, 3.63) is 51.7 Å². The van der Waals surface area contributed by atoms with Crippen LogP contribution < -0.4 is 10.1 Å². The lowest BCUT2D eigenvalue weighted by molar-refractivity contribution is -0.113. The number of hydrogen-bond acceptors (Lipinski definition) is 8. The maximum Gasteiger partial charge on any atom is 0.236 e. The molecule has 1 saturated carbocycles. The Morgan fingerprint density at radius 1 is 1.29 bits per heavy atom. The summed E-state index contributed by atoms with van der Waals surface area (Å²) in [6.45, 7) is 6.15. The van der Waals surface area contributed by atoms with Crippen LogP contribution in [0.1, 0.15) is 61.9 Å². The van der Waals surface area contributed by atoms with E-state index in [1.165, 1.54) is 42.4 Å². The average molecular weight is 554 g/mol. The van der Waals surface area contributed by atoms with Gasteiger partial charge in [0.1, 0.15) is 10.8 Å². The van der Waals surface area contributed by atoms with Crippen LogP contribution in [0.5, 0.6) is 5.75 Å². The molecule has 1 atom stereocenters. The summed E-state index contributed by atoms with van der Waals surface area (Å²) >= 11 is 15.0. The Labute approximate surface area is 222 Å². The van der Waals surface area contributed by atoms with Crippen LogP contribution in [0.15, 0.2) is 36.0 Å². The molecule has 1 fully saturated rings. The van der Waals surface area contributed by atoms with Gasteiger partial charge in [-0.25, -0.2) is 0 Å². The first-order valence-electron chi connectivity index (χ1n) is 11.4. The Morgan fingerprint density at radius 3 is 2.83 bits per heavy atom. The van der Waals surface area contributed by atoms with Gasteiger partial charge in [-0.15, -0.1) is 27.0 Å². The number of thioether (sulfide) groups is 1. The fraction of sp³-hybridized carbons (Fsp3) is 0.435. The number of ether oxygens (including phenoxy) is 1. The first-order chi connectivity index (χ1) is 16.9. The lowest BCUT2D eigenvalue weighted by atomic mass is 9.90. The van der Waals surface area contributed by atoms with E-state index in [9.17, 15) is 4.79 Å². The molecule has 186 valence electrons. The molecule has 1 N–H and O–H groups in total. The Morgan fingerprint density at radius 2 is 2.09 bits per heavy atom. The fourth-order valence-corrected chi connectivity index (χ4v) is 6.04. The minimum atomic E-state index is -0.441. The van der Waals surface area contributed by atoms with Crippen LogP contribution in [0.25, 0.3) is 0 Å². The number of benzene rings is 1. The summed E-state index contributed by atoms with van der Waals surface area (Å²) in [6, 6.07) is 5.04. The monoisotopic (exact) mass is 552 g/mol. The van der Waals surface area contributed by atoms with Crippen molar-refractivity contribution in [2.24, 2.45) is 0 Å². The number of nitrogens with one attached hydrogen (secondary N) is 1. The highest BCUT2D eigenvalue weighted by molar-refractivity contribution is 7.99. The zero-order valence-electron chi connectivity index (χ0n) is 19.2. The van der Waals surface area contributed by atoms with Gasteiger partial charge in [-0.1, -0.05) is 71.6 Å². The van der Waals surface area contributed by atoms with E-state index in [4.69, 9.17) is 27.9 Å². The molecule has 0 saturated heterocycles. The Balaban J connectivity index is 1.37. The smallest absolute Gasteiger partial charge is 0.236 e. The molecule has 1 unspecified atom stereocenters. The lowest BCUT2D eigenvalue weighted by Crippen LogP contribution is -2.15. The normalized spacial score (nSPS) is 15.1. The topological polar surface area (TPSA) is 94.8 Å². The molecule has 0 aliphatic heterocycles. The number of amides is 1. The molecule has 35 heavy (non-hydrogen) atoms. The van der Waals surface area contributed by atoms with Gasteiger partial charge in [0, 0.05) is 17.5 Å². The number of carbonyl (C=O) groups excluding carboxylic acids is 1. The molecule has 3 aromatic rings. The van der Waals surface area contributed by atoms with E-state index in [1.807, 2.05) is 11.5 Å². The van der Waals surface area contributed by atoms with Crippen LogP contribution in [0.4, 0.5) is 5.13 Å². The van der Waals surface area contributed by atoms with Crippen LogP contribution >= 0.6 is 46.3 Å². The zero-order chi connectivity index (χ0) is 24.8. The second-order valence-electron chi connectivity index (χ2n) is 8.19. The molecule has 0 bridgehead atoms. The van der Waals surface area contributed by atoms with Crippen molar-refractivity contribution < 1.29 is 9.53 Å². The third-order valence-corrected chi connectivity index (χ3v) is 8.09. The molecule has 12 heteroatoms. The molecule has 1 aliphatic rings. The molecule has 1 amide bonds. The zero-order valence-corrected chi connectivity index (χ0v) is 22.4. The molecule has 4 rings (SSSR count). The van der Waals surface area contributed by atoms with Crippen molar-refractivity contribution in [3.63, 3.8) is 0 Å². The van der Waals surface area contributed by atoms with E-state index in [1.54, 1.807) is 24.3 Å². The molecule has 0 radical (unpaired) electrons. The first-order valence-corrected chi connectivity index (χ1v) is 13.9. The van der Waals surface area contributed by atoms with E-state index in [0.29, 0.717) is 44.4 Å². The molecule has 2 aromatic heterocycles. The highest BCUT2D eigenvalue weighted by Gasteiger charge is 2.22. The quantitative estimate of drug-likeness (QED) is 0.225. The van der Waals surface area contributed by atoms with Crippen LogP contribution in [0, 0.1) is 0 Å². The van der Waals surface area contributed by atoms with Gasteiger partial charge < -0.3 is 4.74 Å². The summed E-state index contributed by atoms with van der Waals surface area (Å²) in [5, 5.41) is 22.9.